The van der Waals surface area contributed by atoms with E-state index in [9.17, 15) is 0 Å². The summed E-state index contributed by atoms with van der Waals surface area (Å²) in [5.74, 6) is 1.62. The van der Waals surface area contributed by atoms with Crippen molar-refractivity contribution in [2.45, 2.75) is 12.8 Å². The van der Waals surface area contributed by atoms with Crippen LogP contribution in [-0.2, 0) is 0 Å². The van der Waals surface area contributed by atoms with Crippen molar-refractivity contribution in [3.63, 3.8) is 0 Å². The molecule has 1 saturated heterocycles. The molecule has 2 heterocycles. The van der Waals surface area contributed by atoms with Crippen LogP contribution in [0.25, 0.3) is 0 Å². The predicted octanol–water partition coefficient (Wildman–Crippen LogP) is 1.23. The predicted molar refractivity (Wildman–Crippen MR) is 60.7 cm³/mol. The molecule has 0 spiro atoms. The Kier molecular flexibility index (Phi) is 3.50. The fraction of sp³-hybridized carbons (Fsp3) is 0.636. The number of hydrogen-bond donors (Lipinski definition) is 1. The van der Waals surface area contributed by atoms with Crippen LogP contribution in [-0.4, -0.2) is 41.8 Å². The van der Waals surface area contributed by atoms with Crippen molar-refractivity contribution in [2.24, 2.45) is 5.92 Å². The number of aromatic nitrogens is 2. The van der Waals surface area contributed by atoms with E-state index >= 15 is 0 Å². The van der Waals surface area contributed by atoms with Gasteiger partial charge in [0.25, 0.3) is 0 Å². The summed E-state index contributed by atoms with van der Waals surface area (Å²) in [6.07, 6.45) is 4.32. The minimum Gasteiger partial charge on any atom is -0.368 e. The van der Waals surface area contributed by atoms with Gasteiger partial charge in [0, 0.05) is 19.3 Å². The highest BCUT2D eigenvalue weighted by molar-refractivity contribution is 5.31. The number of nitrogens with one attached hydrogen (secondary N) is 1. The maximum atomic E-state index is 4.01. The third-order valence-electron chi connectivity index (χ3n) is 2.87. The van der Waals surface area contributed by atoms with Crippen molar-refractivity contribution < 1.29 is 0 Å². The Morgan fingerprint density at radius 2 is 2.53 bits per heavy atom. The average Bonchev–Trinajstić information content (AvgIpc) is 2.28. The van der Waals surface area contributed by atoms with Crippen LogP contribution in [0, 0.1) is 5.92 Å². The molecule has 1 atom stereocenters. The van der Waals surface area contributed by atoms with E-state index < -0.39 is 0 Å². The Balaban J connectivity index is 1.78. The number of rotatable bonds is 3. The Morgan fingerprint density at radius 1 is 1.60 bits per heavy atom. The second kappa shape index (κ2) is 5.07. The third kappa shape index (κ3) is 3.16. The van der Waals surface area contributed by atoms with Gasteiger partial charge in [0.1, 0.15) is 5.82 Å². The monoisotopic (exact) mass is 206 g/mol. The number of piperidine rings is 1. The summed E-state index contributed by atoms with van der Waals surface area (Å²) in [6, 6.07) is 3.86. The molecule has 0 radical (unpaired) electrons. The number of likely N-dealkylation sites (tertiary alicyclic amines) is 1. The Labute approximate surface area is 90.7 Å². The summed E-state index contributed by atoms with van der Waals surface area (Å²) >= 11 is 0. The lowest BCUT2D eigenvalue weighted by atomic mass is 9.98. The van der Waals surface area contributed by atoms with Crippen molar-refractivity contribution >= 4 is 5.82 Å². The second-order valence-corrected chi connectivity index (χ2v) is 4.26. The summed E-state index contributed by atoms with van der Waals surface area (Å²) in [5, 5.41) is 11.2. The number of hydrogen-bond acceptors (Lipinski definition) is 4. The fourth-order valence-electron chi connectivity index (χ4n) is 2.08. The normalized spacial score (nSPS) is 22.6. The largest absolute Gasteiger partial charge is 0.368 e. The lowest BCUT2D eigenvalue weighted by Crippen LogP contribution is -2.35. The van der Waals surface area contributed by atoms with Crippen molar-refractivity contribution in [1.82, 2.24) is 15.1 Å². The van der Waals surface area contributed by atoms with Gasteiger partial charge >= 0.3 is 0 Å². The van der Waals surface area contributed by atoms with E-state index in [-0.39, 0.29) is 0 Å². The molecule has 0 aliphatic carbocycles. The van der Waals surface area contributed by atoms with Crippen LogP contribution < -0.4 is 5.32 Å². The Morgan fingerprint density at radius 3 is 3.27 bits per heavy atom. The summed E-state index contributed by atoms with van der Waals surface area (Å²) < 4.78 is 0. The number of anilines is 1. The van der Waals surface area contributed by atoms with Crippen molar-refractivity contribution in [2.75, 3.05) is 32.0 Å². The molecule has 0 saturated carbocycles. The van der Waals surface area contributed by atoms with E-state index in [1.54, 1.807) is 6.20 Å². The maximum absolute atomic E-state index is 4.01. The second-order valence-electron chi connectivity index (χ2n) is 4.26. The molecule has 0 bridgehead atoms. The first kappa shape index (κ1) is 10.4. The molecule has 1 unspecified atom stereocenters. The molecule has 82 valence electrons. The van der Waals surface area contributed by atoms with Gasteiger partial charge in [-0.05, 0) is 44.5 Å². The lowest BCUT2D eigenvalue weighted by Gasteiger charge is -2.29. The molecule has 0 aromatic carbocycles. The van der Waals surface area contributed by atoms with E-state index in [4.69, 9.17) is 0 Å². The van der Waals surface area contributed by atoms with Gasteiger partial charge in [-0.3, -0.25) is 0 Å². The highest BCUT2D eigenvalue weighted by Gasteiger charge is 2.16. The molecule has 4 heteroatoms. The van der Waals surface area contributed by atoms with Crippen LogP contribution >= 0.6 is 0 Å². The SMILES string of the molecule is CN1CCCC(CNc2cccnn2)C1. The van der Waals surface area contributed by atoms with Crippen LogP contribution in [0.15, 0.2) is 18.3 Å². The fourth-order valence-corrected chi connectivity index (χ4v) is 2.08. The first-order chi connectivity index (χ1) is 7.34. The minimum absolute atomic E-state index is 0.741. The molecule has 1 aliphatic rings. The van der Waals surface area contributed by atoms with E-state index in [2.05, 4.69) is 27.5 Å². The zero-order valence-corrected chi connectivity index (χ0v) is 9.19. The van der Waals surface area contributed by atoms with E-state index in [1.807, 2.05) is 12.1 Å². The summed E-state index contributed by atoms with van der Waals surface area (Å²) in [5.41, 5.74) is 0. The molecule has 1 aromatic rings. The average molecular weight is 206 g/mol. The molecule has 1 aromatic heterocycles. The molecule has 15 heavy (non-hydrogen) atoms. The molecule has 1 fully saturated rings. The molecular formula is C11H18N4. The van der Waals surface area contributed by atoms with Crippen molar-refractivity contribution in [3.05, 3.63) is 18.3 Å². The van der Waals surface area contributed by atoms with Crippen LogP contribution in [0.1, 0.15) is 12.8 Å². The highest BCUT2D eigenvalue weighted by atomic mass is 15.2. The van der Waals surface area contributed by atoms with Gasteiger partial charge < -0.3 is 10.2 Å². The summed E-state index contributed by atoms with van der Waals surface area (Å²) in [6.45, 7) is 3.43. The first-order valence-corrected chi connectivity index (χ1v) is 5.55. The van der Waals surface area contributed by atoms with Crippen molar-refractivity contribution in [1.29, 1.82) is 0 Å². The summed E-state index contributed by atoms with van der Waals surface area (Å²) in [7, 11) is 2.19. The van der Waals surface area contributed by atoms with Crippen LogP contribution in [0.5, 0.6) is 0 Å². The van der Waals surface area contributed by atoms with Gasteiger partial charge in [-0.25, -0.2) is 0 Å². The topological polar surface area (TPSA) is 41.0 Å². The summed E-state index contributed by atoms with van der Waals surface area (Å²) in [4.78, 5) is 2.40. The first-order valence-electron chi connectivity index (χ1n) is 5.55. The molecule has 0 amide bonds. The lowest BCUT2D eigenvalue weighted by molar-refractivity contribution is 0.217. The minimum atomic E-state index is 0.741. The van der Waals surface area contributed by atoms with Crippen molar-refractivity contribution in [3.8, 4) is 0 Å². The molecule has 4 nitrogen and oxygen atoms in total. The van der Waals surface area contributed by atoms with Gasteiger partial charge in [0.2, 0.25) is 0 Å². The van der Waals surface area contributed by atoms with E-state index in [1.165, 1.54) is 25.9 Å². The quantitative estimate of drug-likeness (QED) is 0.807. The standard InChI is InChI=1S/C11H18N4/c1-15-7-3-4-10(9-15)8-12-11-5-2-6-13-14-11/h2,5-6,10H,3-4,7-9H2,1H3,(H,12,14). The zero-order valence-electron chi connectivity index (χ0n) is 9.19. The van der Waals surface area contributed by atoms with Gasteiger partial charge in [-0.1, -0.05) is 0 Å². The van der Waals surface area contributed by atoms with Crippen LogP contribution in [0.4, 0.5) is 5.82 Å². The smallest absolute Gasteiger partial charge is 0.148 e. The van der Waals surface area contributed by atoms with Gasteiger partial charge in [0.15, 0.2) is 0 Å². The zero-order chi connectivity index (χ0) is 10.5. The Bertz CT molecular complexity index is 288. The van der Waals surface area contributed by atoms with Crippen LogP contribution in [0.2, 0.25) is 0 Å². The maximum Gasteiger partial charge on any atom is 0.148 e. The van der Waals surface area contributed by atoms with Crippen LogP contribution in [0.3, 0.4) is 0 Å². The highest BCUT2D eigenvalue weighted by Crippen LogP contribution is 2.15. The molecule has 1 N–H and O–H groups in total. The Hall–Kier alpha value is -1.16. The van der Waals surface area contributed by atoms with Gasteiger partial charge in [-0.15, -0.1) is 5.10 Å². The molecular weight excluding hydrogens is 188 g/mol. The molecule has 2 rings (SSSR count). The van der Waals surface area contributed by atoms with E-state index in [0.29, 0.717) is 0 Å². The third-order valence-corrected chi connectivity index (χ3v) is 2.87. The van der Waals surface area contributed by atoms with E-state index in [0.717, 1.165) is 18.3 Å². The molecule has 1 aliphatic heterocycles. The number of nitrogens with zero attached hydrogens (tertiary/aromatic N) is 3. The van der Waals surface area contributed by atoms with Gasteiger partial charge in [0.05, 0.1) is 0 Å². The van der Waals surface area contributed by atoms with Gasteiger partial charge in [-0.2, -0.15) is 5.10 Å².